The van der Waals surface area contributed by atoms with E-state index in [1.54, 1.807) is 28.7 Å². The normalized spacial score (nSPS) is 14.0. The Hall–Kier alpha value is -2.24. The number of thiazole rings is 1. The van der Waals surface area contributed by atoms with E-state index in [0.717, 1.165) is 4.96 Å². The zero-order valence-corrected chi connectivity index (χ0v) is 12.1. The number of rotatable bonds is 1. The fourth-order valence-electron chi connectivity index (χ4n) is 2.45. The predicted molar refractivity (Wildman–Crippen MR) is 81.2 cm³/mol. The van der Waals surface area contributed by atoms with Crippen molar-refractivity contribution in [3.63, 3.8) is 0 Å². The average Bonchev–Trinajstić information content (AvgIpc) is 3.11. The number of halogens is 1. The lowest BCUT2D eigenvalue weighted by Crippen LogP contribution is -2.01. The molecule has 0 atom stereocenters. The van der Waals surface area contributed by atoms with E-state index < -0.39 is 0 Å². The first-order chi connectivity index (χ1) is 10.2. The topological polar surface area (TPSA) is 51.4 Å². The fourth-order valence-corrected chi connectivity index (χ4v) is 3.44. The van der Waals surface area contributed by atoms with Crippen LogP contribution in [-0.2, 0) is 0 Å². The molecule has 6 heteroatoms. The van der Waals surface area contributed by atoms with E-state index in [1.807, 2.05) is 11.6 Å². The lowest BCUT2D eigenvalue weighted by Gasteiger charge is -1.95. The second-order valence-corrected chi connectivity index (χ2v) is 5.84. The number of Topliss-reactive ketones (excluding diaryl/α,β-unsaturated/α-hetero) is 2. The molecule has 4 nitrogen and oxygen atoms in total. The van der Waals surface area contributed by atoms with Gasteiger partial charge in [-0.2, -0.15) is 0 Å². The van der Waals surface area contributed by atoms with Crippen molar-refractivity contribution in [2.24, 2.45) is 0 Å². The van der Waals surface area contributed by atoms with E-state index in [2.05, 4.69) is 4.98 Å². The second kappa shape index (κ2) is 4.38. The van der Waals surface area contributed by atoms with Crippen molar-refractivity contribution < 1.29 is 9.59 Å². The van der Waals surface area contributed by atoms with Crippen LogP contribution in [0.5, 0.6) is 0 Å². The van der Waals surface area contributed by atoms with Crippen LogP contribution in [0.2, 0.25) is 5.15 Å². The van der Waals surface area contributed by atoms with Crippen LogP contribution in [0, 0.1) is 0 Å². The highest BCUT2D eigenvalue weighted by atomic mass is 35.5. The molecule has 3 aromatic rings. The molecule has 2 aromatic heterocycles. The Morgan fingerprint density at radius 1 is 1.14 bits per heavy atom. The van der Waals surface area contributed by atoms with E-state index in [0.29, 0.717) is 16.8 Å². The van der Waals surface area contributed by atoms with Gasteiger partial charge >= 0.3 is 0 Å². The molecule has 1 aromatic carbocycles. The molecular formula is C15H7ClN2O2S. The third-order valence-electron chi connectivity index (χ3n) is 3.44. The average molecular weight is 315 g/mol. The molecule has 0 saturated heterocycles. The van der Waals surface area contributed by atoms with Gasteiger partial charge in [0, 0.05) is 22.7 Å². The third-order valence-corrected chi connectivity index (χ3v) is 4.48. The van der Waals surface area contributed by atoms with Crippen LogP contribution in [0.3, 0.4) is 0 Å². The summed E-state index contributed by atoms with van der Waals surface area (Å²) in [6, 6.07) is 6.81. The smallest absolute Gasteiger partial charge is 0.197 e. The zero-order chi connectivity index (χ0) is 14.6. The summed E-state index contributed by atoms with van der Waals surface area (Å²) in [5.74, 6) is -0.534. The highest BCUT2D eigenvalue weighted by Gasteiger charge is 2.33. The lowest BCUT2D eigenvalue weighted by molar-refractivity contribution is 0.0990. The summed E-state index contributed by atoms with van der Waals surface area (Å²) in [5, 5.41) is 2.15. The molecule has 0 fully saturated rings. The van der Waals surface area contributed by atoms with Crippen molar-refractivity contribution >= 4 is 45.5 Å². The van der Waals surface area contributed by atoms with E-state index in [4.69, 9.17) is 11.6 Å². The van der Waals surface area contributed by atoms with Gasteiger partial charge in [0.2, 0.25) is 0 Å². The predicted octanol–water partition coefficient (Wildman–Crippen LogP) is 3.51. The number of aromatic nitrogens is 2. The molecule has 102 valence electrons. The molecule has 0 amide bonds. The minimum Gasteiger partial charge on any atom is -0.289 e. The molecule has 4 rings (SSSR count). The first kappa shape index (κ1) is 12.5. The number of hydrogen-bond donors (Lipinski definition) is 0. The third kappa shape index (κ3) is 1.71. The highest BCUT2D eigenvalue weighted by molar-refractivity contribution is 7.15. The van der Waals surface area contributed by atoms with Crippen molar-refractivity contribution in [2.45, 2.75) is 0 Å². The molecule has 0 radical (unpaired) electrons. The standard InChI is InChI=1S/C15H7ClN2O2S/c16-14-11(18-5-6-21-15(18)17-14)7-10-12(19)8-3-1-2-4-9(8)13(10)20/h1-7H. The van der Waals surface area contributed by atoms with E-state index >= 15 is 0 Å². The molecule has 0 bridgehead atoms. The summed E-state index contributed by atoms with van der Waals surface area (Å²) in [4.78, 5) is 29.6. The summed E-state index contributed by atoms with van der Waals surface area (Å²) < 4.78 is 1.77. The number of allylic oxidation sites excluding steroid dienone is 1. The Labute approximate surface area is 128 Å². The van der Waals surface area contributed by atoms with Gasteiger partial charge in [-0.3, -0.25) is 14.0 Å². The van der Waals surface area contributed by atoms with Gasteiger partial charge in [-0.15, -0.1) is 11.3 Å². The second-order valence-electron chi connectivity index (χ2n) is 4.61. The number of nitrogens with zero attached hydrogens (tertiary/aromatic N) is 2. The molecule has 1 aliphatic rings. The Morgan fingerprint density at radius 3 is 2.48 bits per heavy atom. The zero-order valence-electron chi connectivity index (χ0n) is 10.5. The number of fused-ring (bicyclic) bond motifs is 2. The van der Waals surface area contributed by atoms with Crippen LogP contribution in [0.1, 0.15) is 26.4 Å². The van der Waals surface area contributed by atoms with Crippen LogP contribution < -0.4 is 0 Å². The minimum absolute atomic E-state index is 0.131. The Morgan fingerprint density at radius 2 is 1.81 bits per heavy atom. The van der Waals surface area contributed by atoms with Gasteiger partial charge in [0.1, 0.15) is 0 Å². The van der Waals surface area contributed by atoms with Gasteiger partial charge in [0.05, 0.1) is 11.3 Å². The quantitative estimate of drug-likeness (QED) is 0.510. The maximum Gasteiger partial charge on any atom is 0.197 e. The van der Waals surface area contributed by atoms with Gasteiger partial charge < -0.3 is 0 Å². The van der Waals surface area contributed by atoms with Crippen molar-refractivity contribution in [1.82, 2.24) is 9.38 Å². The summed E-state index contributed by atoms with van der Waals surface area (Å²) in [7, 11) is 0. The molecule has 0 spiro atoms. The number of hydrogen-bond acceptors (Lipinski definition) is 4. The highest BCUT2D eigenvalue weighted by Crippen LogP contribution is 2.30. The van der Waals surface area contributed by atoms with Crippen LogP contribution in [0.4, 0.5) is 0 Å². The Kier molecular flexibility index (Phi) is 2.60. The number of carbonyl (C=O) groups is 2. The van der Waals surface area contributed by atoms with Gasteiger partial charge in [-0.1, -0.05) is 35.9 Å². The molecular weight excluding hydrogens is 308 g/mol. The lowest BCUT2D eigenvalue weighted by atomic mass is 10.1. The molecule has 0 aliphatic heterocycles. The SMILES string of the molecule is O=C1C(=Cc2c(Cl)nc3sccn23)C(=O)c2ccccc21. The maximum absolute atomic E-state index is 12.4. The summed E-state index contributed by atoms with van der Waals surface area (Å²) in [6.45, 7) is 0. The van der Waals surface area contributed by atoms with Crippen molar-refractivity contribution in [1.29, 1.82) is 0 Å². The number of ketones is 2. The van der Waals surface area contributed by atoms with Crippen molar-refractivity contribution in [3.8, 4) is 0 Å². The van der Waals surface area contributed by atoms with Crippen LogP contribution >= 0.6 is 22.9 Å². The van der Waals surface area contributed by atoms with Crippen molar-refractivity contribution in [3.05, 3.63) is 63.4 Å². The number of benzene rings is 1. The minimum atomic E-state index is -0.267. The molecule has 0 N–H and O–H groups in total. The van der Waals surface area contributed by atoms with Gasteiger partial charge in [0.25, 0.3) is 0 Å². The summed E-state index contributed by atoms with van der Waals surface area (Å²) in [5.41, 5.74) is 1.57. The van der Waals surface area contributed by atoms with Crippen molar-refractivity contribution in [2.75, 3.05) is 0 Å². The van der Waals surface area contributed by atoms with E-state index in [1.165, 1.54) is 17.4 Å². The molecule has 21 heavy (non-hydrogen) atoms. The largest absolute Gasteiger partial charge is 0.289 e. The number of carbonyl (C=O) groups excluding carboxylic acids is 2. The Balaban J connectivity index is 1.92. The molecule has 2 heterocycles. The fraction of sp³-hybridized carbons (Fsp3) is 0. The monoisotopic (exact) mass is 314 g/mol. The van der Waals surface area contributed by atoms with Crippen LogP contribution in [-0.4, -0.2) is 21.0 Å². The number of imidazole rings is 1. The molecule has 0 unspecified atom stereocenters. The Bertz CT molecular complexity index is 915. The van der Waals surface area contributed by atoms with Gasteiger partial charge in [0.15, 0.2) is 21.7 Å². The summed E-state index contributed by atoms with van der Waals surface area (Å²) in [6.07, 6.45) is 3.34. The van der Waals surface area contributed by atoms with E-state index in [9.17, 15) is 9.59 Å². The van der Waals surface area contributed by atoms with Crippen LogP contribution in [0.25, 0.3) is 11.0 Å². The van der Waals surface area contributed by atoms with Gasteiger partial charge in [-0.25, -0.2) is 4.98 Å². The first-order valence-corrected chi connectivity index (χ1v) is 7.44. The molecule has 0 saturated carbocycles. The maximum atomic E-state index is 12.4. The van der Waals surface area contributed by atoms with Crippen LogP contribution in [0.15, 0.2) is 41.4 Å². The van der Waals surface area contributed by atoms with E-state index in [-0.39, 0.29) is 22.3 Å². The molecule has 1 aliphatic carbocycles. The first-order valence-electron chi connectivity index (χ1n) is 6.18. The van der Waals surface area contributed by atoms with Gasteiger partial charge in [-0.05, 0) is 6.08 Å². The summed E-state index contributed by atoms with van der Waals surface area (Å²) >= 11 is 7.54.